The Labute approximate surface area is 747 Å². The van der Waals surface area contributed by atoms with Crippen LogP contribution < -0.4 is 48.3 Å². The third-order valence-corrected chi connectivity index (χ3v) is 17.9. The van der Waals surface area contributed by atoms with Crippen LogP contribution in [0.5, 0.6) is 17.2 Å². The molecule has 3 aromatic rings. The van der Waals surface area contributed by atoms with Gasteiger partial charge in [0.25, 0.3) is 11.8 Å². The Bertz CT molecular complexity index is 4140. The van der Waals surface area contributed by atoms with Crippen molar-refractivity contribution in [2.24, 2.45) is 47.2 Å². The van der Waals surface area contributed by atoms with Gasteiger partial charge in [-0.3, -0.25) is 47.9 Å². The van der Waals surface area contributed by atoms with E-state index in [9.17, 15) is 100 Å². The van der Waals surface area contributed by atoms with Gasteiger partial charge in [0.1, 0.15) is 77.4 Å². The molecule has 11 atom stereocenters. The number of carbonyl (C=O) groups excluding carboxylic acids is 16. The number of carbonyl (C=O) groups is 16. The zero-order valence-corrected chi connectivity index (χ0v) is 75.2. The van der Waals surface area contributed by atoms with Crippen molar-refractivity contribution in [1.82, 2.24) is 47.6 Å². The number of hydrogen-bond acceptors (Lipinski definition) is 26. The third-order valence-electron chi connectivity index (χ3n) is 17.9. The van der Waals surface area contributed by atoms with E-state index in [0.717, 1.165) is 11.1 Å². The molecule has 128 heavy (non-hydrogen) atoms. The average molecular weight is 1810 g/mol. The summed E-state index contributed by atoms with van der Waals surface area (Å²) in [6, 6.07) is 11.0. The molecule has 0 radical (unpaired) electrons. The number of cyclic esters (lactones) is 3. The lowest BCUT2D eigenvalue weighted by Crippen LogP contribution is -2.54. The summed E-state index contributed by atoms with van der Waals surface area (Å²) in [5.41, 5.74) is 6.53. The van der Waals surface area contributed by atoms with Crippen LogP contribution in [0.4, 0.5) is 22.8 Å². The molecule has 10 amide bonds. The maximum absolute atomic E-state index is 13.4. The maximum atomic E-state index is 13.4. The Morgan fingerprint density at radius 3 is 1.16 bits per heavy atom. The number of alkyl halides is 3. The van der Waals surface area contributed by atoms with Gasteiger partial charge in [0, 0.05) is 57.8 Å². The minimum Gasteiger partial charge on any atom is -0.508 e. The zero-order chi connectivity index (χ0) is 97.3. The van der Waals surface area contributed by atoms with Crippen LogP contribution in [0.15, 0.2) is 109 Å². The number of ketones is 1. The standard InChI is InChI=1S/C31H45N3O8.C20H26N2O5.C19H25N3O5.C15H24N2O6.C2HF3O.C2H6.CH4/c1-18(2)14-23(33-30(40)42-31(5,6)7)25(36)16-21-10-13-26(37)34-27(19(3)4)28(38)32-24(29(39)41-17-21)15-20-8-11-22(35)12-9-20;1-12(2)18-19(25)21-16(10-14-5-7-15(23)8-6-14)20(26)27-11-13(3)4-9-17(24)22-18;1-11(2)17-18(25)21-15(9-12-3-6-14(23)7-4-12)19(26)27-10-13(20)5-8-16(24)22-17;1-9(2)8-10(16-14(21)22-15(3,4)5)13(20)23-17-11(18)6-7-12(17)19;3-2(4,5)1-6;1-2;/h8-13,18-19,21,23-24,27,35H,14-17H2,1-7H3,(H,32,38)(H,33,40)(H,34,37);4-9,12-13,16,18,23H,10-11H2,1-3H3,(H,21,25)(H,22,24);3-8,11,13,15,17,23H,9-10,20H2,1-2H3,(H,21,25)(H,22,24);9-10H,6-8H2,1-5H3,(H,16,21);1H;1-2H3;1H4/b13-10+;9-4+;8-5+;;;;/t21-,23-,24-,27-;13-,16+,18+;13-,15+,17+;10-;;;/m0110.../s1/i;;;;;1D;. The van der Waals surface area contributed by atoms with E-state index in [1.807, 2.05) is 48.5 Å². The first-order valence-electron chi connectivity index (χ1n) is 42.1. The highest BCUT2D eigenvalue weighted by Crippen LogP contribution is 2.23. The number of Topliss-reactive ketones (excluding diaryl/α,β-unsaturated/α-hetero) is 1. The van der Waals surface area contributed by atoms with Crippen LogP contribution in [-0.4, -0.2) is 207 Å². The highest BCUT2D eigenvalue weighted by atomic mass is 19.4. The molecular formula is C90H131F3N10O25. The lowest BCUT2D eigenvalue weighted by molar-refractivity contribution is -0.199. The summed E-state index contributed by atoms with van der Waals surface area (Å²) in [6.45, 7) is 32.5. The molecule has 4 aliphatic rings. The summed E-state index contributed by atoms with van der Waals surface area (Å²) < 4.78 is 64.0. The van der Waals surface area contributed by atoms with Crippen LogP contribution in [0.25, 0.3) is 0 Å². The second-order valence-electron chi connectivity index (χ2n) is 33.8. The minimum atomic E-state index is -4.64. The van der Waals surface area contributed by atoms with Crippen molar-refractivity contribution >= 4 is 95.4 Å². The van der Waals surface area contributed by atoms with Crippen molar-refractivity contribution < 1.29 is 135 Å². The molecule has 7 rings (SSSR count). The van der Waals surface area contributed by atoms with Crippen LogP contribution in [0.3, 0.4) is 0 Å². The van der Waals surface area contributed by atoms with Crippen molar-refractivity contribution in [3.8, 4) is 17.2 Å². The van der Waals surface area contributed by atoms with Gasteiger partial charge >= 0.3 is 42.2 Å². The van der Waals surface area contributed by atoms with E-state index in [4.69, 9.17) is 40.4 Å². The Morgan fingerprint density at radius 2 is 0.836 bits per heavy atom. The number of benzene rings is 3. The molecule has 1 saturated heterocycles. The Morgan fingerprint density at radius 1 is 0.523 bits per heavy atom. The van der Waals surface area contributed by atoms with Crippen LogP contribution in [-0.2, 0) is 115 Å². The Kier molecular flexibility index (Phi) is 48.4. The summed E-state index contributed by atoms with van der Waals surface area (Å²) in [5, 5.41) is 50.0. The summed E-state index contributed by atoms with van der Waals surface area (Å²) in [5.74, 6) is -7.97. The highest BCUT2D eigenvalue weighted by molar-refractivity contribution is 6.02. The van der Waals surface area contributed by atoms with Crippen LogP contribution >= 0.6 is 0 Å². The lowest BCUT2D eigenvalue weighted by atomic mass is 9.93. The number of alkyl carbamates (subject to hydrolysis) is 2. The number of aldehydes is 1. The van der Waals surface area contributed by atoms with Gasteiger partial charge in [0.15, 0.2) is 5.78 Å². The molecule has 4 heterocycles. The van der Waals surface area contributed by atoms with Crippen LogP contribution in [0.1, 0.15) is 189 Å². The number of phenols is 3. The molecule has 0 bridgehead atoms. The number of aromatic hydroxyl groups is 3. The Balaban J connectivity index is 0.000000849. The summed E-state index contributed by atoms with van der Waals surface area (Å²) in [7, 11) is 0. The quantitative estimate of drug-likeness (QED) is 0.0218. The number of halogens is 3. The number of rotatable bonds is 20. The van der Waals surface area contributed by atoms with Gasteiger partial charge in [-0.2, -0.15) is 13.2 Å². The molecule has 0 aliphatic carbocycles. The van der Waals surface area contributed by atoms with E-state index in [-0.39, 0.29) is 137 Å². The Hall–Kier alpha value is -12.3. The monoisotopic (exact) mass is 1810 g/mol. The van der Waals surface area contributed by atoms with Crippen molar-refractivity contribution in [2.75, 3.05) is 19.8 Å². The third kappa shape index (κ3) is 45.8. The largest absolute Gasteiger partial charge is 0.508 e. The van der Waals surface area contributed by atoms with Crippen molar-refractivity contribution in [3.05, 3.63) is 126 Å². The van der Waals surface area contributed by atoms with Crippen LogP contribution in [0.2, 0.25) is 0 Å². The number of nitrogens with zero attached hydrogens (tertiary/aromatic N) is 1. The molecule has 712 valence electrons. The number of hydroxylamine groups is 2. The fraction of sp³-hybridized carbons (Fsp3) is 0.556. The molecule has 0 aromatic heterocycles. The minimum absolute atomic E-state index is 0. The number of phenolic OH excluding ortho intramolecular Hbond substituents is 3. The number of nitrogens with one attached hydrogen (secondary N) is 8. The molecule has 0 saturated carbocycles. The summed E-state index contributed by atoms with van der Waals surface area (Å²) in [6.07, 6.45) is 2.22. The molecular weight excluding hydrogens is 1680 g/mol. The van der Waals surface area contributed by atoms with E-state index in [1.165, 1.54) is 66.8 Å². The summed E-state index contributed by atoms with van der Waals surface area (Å²) >= 11 is 0. The predicted molar refractivity (Wildman–Crippen MR) is 465 cm³/mol. The smallest absolute Gasteiger partial charge is 0.446 e. The van der Waals surface area contributed by atoms with Gasteiger partial charge in [-0.25, -0.2) is 28.8 Å². The molecule has 0 unspecified atom stereocenters. The van der Waals surface area contributed by atoms with Crippen molar-refractivity contribution in [3.63, 3.8) is 0 Å². The van der Waals surface area contributed by atoms with Gasteiger partial charge in [0.05, 0.1) is 25.3 Å². The molecule has 13 N–H and O–H groups in total. The zero-order valence-electron chi connectivity index (χ0n) is 76.2. The molecule has 4 aliphatic heterocycles. The second kappa shape index (κ2) is 55.4. The molecule has 3 aromatic carbocycles. The summed E-state index contributed by atoms with van der Waals surface area (Å²) in [4.78, 5) is 200. The normalized spacial score (nSPS) is 21.6. The second-order valence-corrected chi connectivity index (χ2v) is 33.8. The molecule has 1 fully saturated rings. The van der Waals surface area contributed by atoms with E-state index in [1.54, 1.807) is 119 Å². The number of ether oxygens (including phenoxy) is 5. The van der Waals surface area contributed by atoms with Gasteiger partial charge in [-0.05, 0) is 149 Å². The lowest BCUT2D eigenvalue weighted by Gasteiger charge is -2.26. The topological polar surface area (TPSA) is 515 Å². The first-order valence-corrected chi connectivity index (χ1v) is 41.4. The number of imide groups is 1. The van der Waals surface area contributed by atoms with Crippen LogP contribution in [0, 0.1) is 41.4 Å². The first kappa shape index (κ1) is 112. The fourth-order valence-corrected chi connectivity index (χ4v) is 11.6. The number of amides is 10. The van der Waals surface area contributed by atoms with E-state index < -0.39 is 161 Å². The molecule has 0 spiro atoms. The predicted octanol–water partition coefficient (Wildman–Crippen LogP) is 8.44. The van der Waals surface area contributed by atoms with E-state index >= 15 is 0 Å². The molecule has 38 heteroatoms. The fourth-order valence-electron chi connectivity index (χ4n) is 11.6. The van der Waals surface area contributed by atoms with Gasteiger partial charge < -0.3 is 92.1 Å². The van der Waals surface area contributed by atoms with Crippen molar-refractivity contribution in [1.29, 1.82) is 0 Å². The van der Waals surface area contributed by atoms with E-state index in [2.05, 4.69) is 42.5 Å². The van der Waals surface area contributed by atoms with E-state index in [0.29, 0.717) is 23.9 Å². The highest BCUT2D eigenvalue weighted by Gasteiger charge is 2.39. The molecule has 35 nitrogen and oxygen atoms in total. The maximum Gasteiger partial charge on any atom is 0.446 e. The SMILES string of the molecule is C.CC(C)C[C@H](NC(=O)OC(C)(C)C)C(=O)C[C@@H]1/C=C/C(=O)N[C@@H](C(C)C)C(=O)N[C@@H](Cc2ccc(O)cc2)C(=O)OC1.CC(C)C[C@H](NC(=O)OC(C)(C)C)C(=O)ON1C(=O)CCC1=O.CC(C)[C@@H]1NC(=O)/C=C/[C@@H](C)COC(=O)[C@H](Cc2ccc(O)cc2)NC1=O.CC(C)[C@@H]1NC(=O)/C=C/[C@@H](N)COC(=O)[C@H](Cc2ccc(O)cc2)NC1=O.O=CC(F)(F)F.[2H]CC. The number of hydrogen-bond donors (Lipinski definition) is 12. The van der Waals surface area contributed by atoms with Crippen molar-refractivity contribution in [2.45, 2.75) is 262 Å². The van der Waals surface area contributed by atoms with Gasteiger partial charge in [-0.1, -0.05) is 152 Å². The average Bonchev–Trinajstić information content (AvgIpc) is 1.38. The first-order chi connectivity index (χ1) is 59.5. The number of nitrogens with two attached hydrogens (primary N) is 1. The van der Waals surface area contributed by atoms with Gasteiger partial charge in [0.2, 0.25) is 41.7 Å². The number of esters is 3. The van der Waals surface area contributed by atoms with Gasteiger partial charge in [-0.15, -0.1) is 5.06 Å².